The van der Waals surface area contributed by atoms with Gasteiger partial charge in [-0.3, -0.25) is 4.90 Å². The Morgan fingerprint density at radius 1 is 1.07 bits per heavy atom. The molecule has 4 nitrogen and oxygen atoms in total. The van der Waals surface area contributed by atoms with Crippen molar-refractivity contribution in [2.45, 2.75) is 32.3 Å². The Kier molecular flexibility index (Phi) is 7.60. The second-order valence-corrected chi connectivity index (χ2v) is 8.02. The molecule has 1 aliphatic heterocycles. The Morgan fingerprint density at radius 2 is 1.82 bits per heavy atom. The minimum atomic E-state index is -0.497. The summed E-state index contributed by atoms with van der Waals surface area (Å²) in [5.41, 5.74) is 2.38. The summed E-state index contributed by atoms with van der Waals surface area (Å²) in [5, 5.41) is 11.2. The molecule has 0 amide bonds. The summed E-state index contributed by atoms with van der Waals surface area (Å²) < 4.78 is 5.97. The summed E-state index contributed by atoms with van der Waals surface area (Å²) in [5.74, 6) is 1.34. The molecule has 1 heterocycles. The van der Waals surface area contributed by atoms with Crippen LogP contribution in [0.2, 0.25) is 5.02 Å². The summed E-state index contributed by atoms with van der Waals surface area (Å²) in [6.45, 7) is 9.06. The first kappa shape index (κ1) is 21.0. The van der Waals surface area contributed by atoms with Crippen LogP contribution in [-0.4, -0.2) is 55.4 Å². The lowest BCUT2D eigenvalue weighted by Gasteiger charge is -2.37. The number of aliphatic hydroxyl groups is 1. The van der Waals surface area contributed by atoms with Gasteiger partial charge in [-0.05, 0) is 42.2 Å². The predicted molar refractivity (Wildman–Crippen MR) is 117 cm³/mol. The molecule has 0 aromatic heterocycles. The first-order chi connectivity index (χ1) is 13.6. The van der Waals surface area contributed by atoms with E-state index in [-0.39, 0.29) is 0 Å². The molecule has 0 bridgehead atoms. The Morgan fingerprint density at radius 3 is 2.54 bits per heavy atom. The second kappa shape index (κ2) is 10.1. The molecule has 28 heavy (non-hydrogen) atoms. The van der Waals surface area contributed by atoms with Crippen LogP contribution in [-0.2, 0) is 0 Å². The summed E-state index contributed by atoms with van der Waals surface area (Å²) >= 11 is 6.10. The number of aliphatic hydroxyl groups excluding tert-OH is 1. The van der Waals surface area contributed by atoms with E-state index in [2.05, 4.69) is 35.8 Å². The lowest BCUT2D eigenvalue weighted by atomic mass is 9.98. The largest absolute Gasteiger partial charge is 0.491 e. The minimum absolute atomic E-state index is 0.321. The molecular formula is C23H31ClN2O2. The molecule has 0 saturated carbocycles. The fourth-order valence-electron chi connectivity index (χ4n) is 3.64. The van der Waals surface area contributed by atoms with Crippen LogP contribution in [0.3, 0.4) is 0 Å². The zero-order valence-electron chi connectivity index (χ0n) is 16.9. The summed E-state index contributed by atoms with van der Waals surface area (Å²) in [6.07, 6.45) is 0.572. The van der Waals surface area contributed by atoms with Gasteiger partial charge in [-0.2, -0.15) is 0 Å². The van der Waals surface area contributed by atoms with E-state index in [4.69, 9.17) is 16.3 Å². The highest BCUT2D eigenvalue weighted by molar-refractivity contribution is 6.30. The van der Waals surface area contributed by atoms with Gasteiger partial charge in [0.25, 0.3) is 0 Å². The Hall–Kier alpha value is -1.75. The molecule has 5 heteroatoms. The molecule has 0 spiro atoms. The van der Waals surface area contributed by atoms with Gasteiger partial charge in [-0.1, -0.05) is 49.7 Å². The average molecular weight is 403 g/mol. The number of anilines is 1. The van der Waals surface area contributed by atoms with Crippen LogP contribution in [0.4, 0.5) is 5.69 Å². The summed E-state index contributed by atoms with van der Waals surface area (Å²) in [4.78, 5) is 4.64. The third kappa shape index (κ3) is 5.63. The van der Waals surface area contributed by atoms with E-state index in [9.17, 15) is 5.11 Å². The maximum atomic E-state index is 10.5. The zero-order valence-corrected chi connectivity index (χ0v) is 17.6. The van der Waals surface area contributed by atoms with E-state index in [1.807, 2.05) is 36.4 Å². The van der Waals surface area contributed by atoms with E-state index < -0.39 is 6.10 Å². The van der Waals surface area contributed by atoms with Crippen molar-refractivity contribution in [3.63, 3.8) is 0 Å². The van der Waals surface area contributed by atoms with Crippen LogP contribution in [0.1, 0.15) is 31.7 Å². The fraction of sp³-hybridized carbons (Fsp3) is 0.478. The van der Waals surface area contributed by atoms with Crippen LogP contribution in [0.15, 0.2) is 48.5 Å². The van der Waals surface area contributed by atoms with E-state index in [1.54, 1.807) is 0 Å². The molecule has 2 aromatic rings. The van der Waals surface area contributed by atoms with Crippen molar-refractivity contribution in [3.8, 4) is 5.75 Å². The van der Waals surface area contributed by atoms with Crippen molar-refractivity contribution in [1.29, 1.82) is 0 Å². The molecule has 1 N–H and O–H groups in total. The normalized spacial score (nSPS) is 17.4. The molecular weight excluding hydrogens is 372 g/mol. The lowest BCUT2D eigenvalue weighted by molar-refractivity contribution is 0.0658. The molecule has 2 aromatic carbocycles. The van der Waals surface area contributed by atoms with Gasteiger partial charge in [0.05, 0.1) is 0 Å². The van der Waals surface area contributed by atoms with Crippen LogP contribution in [0.5, 0.6) is 5.75 Å². The number of piperazine rings is 1. The van der Waals surface area contributed by atoms with Crippen LogP contribution in [0.25, 0.3) is 0 Å². The monoisotopic (exact) mass is 402 g/mol. The molecule has 152 valence electrons. The van der Waals surface area contributed by atoms with Crippen molar-refractivity contribution in [1.82, 2.24) is 4.90 Å². The maximum Gasteiger partial charge on any atom is 0.122 e. The van der Waals surface area contributed by atoms with Gasteiger partial charge in [0.1, 0.15) is 18.5 Å². The lowest BCUT2D eigenvalue weighted by Crippen LogP contribution is -2.49. The number of rotatable bonds is 8. The van der Waals surface area contributed by atoms with Crippen molar-refractivity contribution in [3.05, 3.63) is 59.1 Å². The predicted octanol–water partition coefficient (Wildman–Crippen LogP) is 4.42. The molecule has 1 saturated heterocycles. The smallest absolute Gasteiger partial charge is 0.122 e. The van der Waals surface area contributed by atoms with Gasteiger partial charge in [0, 0.05) is 43.4 Å². The van der Waals surface area contributed by atoms with Crippen LogP contribution < -0.4 is 9.64 Å². The standard InChI is InChI=1S/C23H31ClN2O2/c1-3-18(2)22-9-4-5-10-23(22)28-17-21(27)16-25-11-13-26(14-12-25)20-8-6-7-19(24)15-20/h4-10,15,18,21,27H,3,11-14,16-17H2,1-2H3/t18-,21+/m1/s1. The highest BCUT2D eigenvalue weighted by atomic mass is 35.5. The quantitative estimate of drug-likeness (QED) is 0.709. The summed E-state index contributed by atoms with van der Waals surface area (Å²) in [6, 6.07) is 16.1. The van der Waals surface area contributed by atoms with Crippen molar-refractivity contribution in [2.75, 3.05) is 44.2 Å². The number of hydrogen-bond acceptors (Lipinski definition) is 4. The molecule has 3 rings (SSSR count). The molecule has 1 fully saturated rings. The fourth-order valence-corrected chi connectivity index (χ4v) is 3.82. The van der Waals surface area contributed by atoms with Crippen LogP contribution >= 0.6 is 11.6 Å². The number of nitrogens with zero attached hydrogens (tertiary/aromatic N) is 2. The maximum absolute atomic E-state index is 10.5. The number of ether oxygens (including phenoxy) is 1. The molecule has 0 radical (unpaired) electrons. The Bertz CT molecular complexity index is 747. The minimum Gasteiger partial charge on any atom is -0.491 e. The summed E-state index contributed by atoms with van der Waals surface area (Å²) in [7, 11) is 0. The molecule has 2 atom stereocenters. The molecule has 0 aliphatic carbocycles. The third-order valence-electron chi connectivity index (χ3n) is 5.51. The third-order valence-corrected chi connectivity index (χ3v) is 5.74. The van der Waals surface area contributed by atoms with E-state index in [1.165, 1.54) is 5.56 Å². The topological polar surface area (TPSA) is 35.9 Å². The van der Waals surface area contributed by atoms with Crippen molar-refractivity contribution < 1.29 is 9.84 Å². The number of hydrogen-bond donors (Lipinski definition) is 1. The number of halogens is 1. The number of benzene rings is 2. The van der Waals surface area contributed by atoms with Crippen LogP contribution in [0, 0.1) is 0 Å². The van der Waals surface area contributed by atoms with Crippen molar-refractivity contribution >= 4 is 17.3 Å². The van der Waals surface area contributed by atoms with Gasteiger partial charge in [0.15, 0.2) is 0 Å². The average Bonchev–Trinajstić information content (AvgIpc) is 2.72. The highest BCUT2D eigenvalue weighted by Crippen LogP contribution is 2.28. The number of para-hydroxylation sites is 1. The van der Waals surface area contributed by atoms with Crippen molar-refractivity contribution in [2.24, 2.45) is 0 Å². The highest BCUT2D eigenvalue weighted by Gasteiger charge is 2.20. The second-order valence-electron chi connectivity index (χ2n) is 7.58. The first-order valence-electron chi connectivity index (χ1n) is 10.2. The van der Waals surface area contributed by atoms with Gasteiger partial charge in [-0.15, -0.1) is 0 Å². The van der Waals surface area contributed by atoms with Gasteiger partial charge >= 0.3 is 0 Å². The Balaban J connectivity index is 1.46. The van der Waals surface area contributed by atoms with E-state index in [0.717, 1.165) is 49.1 Å². The van der Waals surface area contributed by atoms with E-state index in [0.29, 0.717) is 19.1 Å². The number of β-amino-alcohol motifs (C(OH)–C–C–N with tert-alkyl or cyclic N) is 1. The van der Waals surface area contributed by atoms with Gasteiger partial charge in [0.2, 0.25) is 0 Å². The zero-order chi connectivity index (χ0) is 19.9. The van der Waals surface area contributed by atoms with Gasteiger partial charge in [-0.25, -0.2) is 0 Å². The SMILES string of the molecule is CC[C@@H](C)c1ccccc1OC[C@@H](O)CN1CCN(c2cccc(Cl)c2)CC1. The van der Waals surface area contributed by atoms with Gasteiger partial charge < -0.3 is 14.7 Å². The molecule has 0 unspecified atom stereocenters. The first-order valence-corrected chi connectivity index (χ1v) is 10.6. The van der Waals surface area contributed by atoms with E-state index >= 15 is 0 Å². The molecule has 1 aliphatic rings. The Labute approximate surface area is 173 Å².